The van der Waals surface area contributed by atoms with Crippen molar-refractivity contribution < 1.29 is 23.2 Å². The Balaban J connectivity index is 1.23. The lowest BCUT2D eigenvalue weighted by Gasteiger charge is -2.10. The van der Waals surface area contributed by atoms with E-state index >= 15 is 0 Å². The zero-order valence-electron chi connectivity index (χ0n) is 20.1. The zero-order valence-corrected chi connectivity index (χ0v) is 20.1. The van der Waals surface area contributed by atoms with Crippen molar-refractivity contribution in [2.24, 2.45) is 0 Å². The minimum Gasteiger partial charge on any atom is -0.345 e. The Kier molecular flexibility index (Phi) is 6.83. The molecular formula is C27H20F2N6O4. The SMILES string of the molecule is O=C(CNC(=O)c1cccn(Cc2ccc(F)c(F)c2)c1=O)Nc1ccc2c(c1)/C(=C/c1cnc[nH]1)C(=O)N2. The maximum Gasteiger partial charge on any atom is 0.263 e. The Morgan fingerprint density at radius 2 is 1.90 bits per heavy atom. The van der Waals surface area contributed by atoms with Crippen molar-refractivity contribution in [3.05, 3.63) is 112 Å². The number of nitrogens with one attached hydrogen (secondary N) is 4. The first-order valence-corrected chi connectivity index (χ1v) is 11.7. The van der Waals surface area contributed by atoms with E-state index in [9.17, 15) is 28.0 Å². The fraction of sp³-hybridized carbons (Fsp3) is 0.0741. The number of fused-ring (bicyclic) bond motifs is 1. The third-order valence-corrected chi connectivity index (χ3v) is 5.92. The number of halogens is 2. The average Bonchev–Trinajstić information content (AvgIpc) is 3.54. The Labute approximate surface area is 219 Å². The molecule has 4 aromatic rings. The second kappa shape index (κ2) is 10.5. The number of benzene rings is 2. The van der Waals surface area contributed by atoms with Crippen LogP contribution in [0.25, 0.3) is 11.6 Å². The lowest BCUT2D eigenvalue weighted by atomic mass is 10.1. The molecule has 0 fully saturated rings. The average molecular weight is 530 g/mol. The largest absolute Gasteiger partial charge is 0.345 e. The molecule has 2 aromatic heterocycles. The van der Waals surface area contributed by atoms with Crippen molar-refractivity contribution in [1.82, 2.24) is 19.9 Å². The summed E-state index contributed by atoms with van der Waals surface area (Å²) in [5.74, 6) is -3.68. The summed E-state index contributed by atoms with van der Waals surface area (Å²) in [7, 11) is 0. The summed E-state index contributed by atoms with van der Waals surface area (Å²) >= 11 is 0. The molecule has 5 rings (SSSR count). The normalized spacial score (nSPS) is 13.2. The summed E-state index contributed by atoms with van der Waals surface area (Å²) in [5, 5.41) is 7.80. The molecular weight excluding hydrogens is 510 g/mol. The summed E-state index contributed by atoms with van der Waals surface area (Å²) < 4.78 is 27.9. The molecule has 0 atom stereocenters. The highest BCUT2D eigenvalue weighted by atomic mass is 19.2. The highest BCUT2D eigenvalue weighted by Gasteiger charge is 2.25. The molecule has 3 amide bonds. The highest BCUT2D eigenvalue weighted by molar-refractivity contribution is 6.35. The molecule has 0 bridgehead atoms. The summed E-state index contributed by atoms with van der Waals surface area (Å²) in [6.07, 6.45) is 6.11. The van der Waals surface area contributed by atoms with Gasteiger partial charge in [-0.2, -0.15) is 0 Å². The number of nitrogens with zero attached hydrogens (tertiary/aromatic N) is 2. The van der Waals surface area contributed by atoms with Crippen LogP contribution in [0.2, 0.25) is 0 Å². The van der Waals surface area contributed by atoms with Crippen LogP contribution in [0.3, 0.4) is 0 Å². The third kappa shape index (κ3) is 5.49. The number of hydrogen-bond donors (Lipinski definition) is 4. The van der Waals surface area contributed by atoms with Gasteiger partial charge in [0.25, 0.3) is 17.4 Å². The van der Waals surface area contributed by atoms with Crippen molar-refractivity contribution in [2.75, 3.05) is 17.2 Å². The van der Waals surface area contributed by atoms with Gasteiger partial charge in [0.1, 0.15) is 5.56 Å². The fourth-order valence-electron chi connectivity index (χ4n) is 4.04. The van der Waals surface area contributed by atoms with Crippen molar-refractivity contribution in [3.63, 3.8) is 0 Å². The van der Waals surface area contributed by atoms with Crippen LogP contribution < -0.4 is 21.5 Å². The molecule has 2 aromatic carbocycles. The predicted octanol–water partition coefficient (Wildman–Crippen LogP) is 2.76. The lowest BCUT2D eigenvalue weighted by Crippen LogP contribution is -2.37. The maximum atomic E-state index is 13.5. The number of carbonyl (C=O) groups is 3. The van der Waals surface area contributed by atoms with Crippen molar-refractivity contribution in [2.45, 2.75) is 6.54 Å². The molecule has 0 saturated carbocycles. The minimum atomic E-state index is -1.04. The van der Waals surface area contributed by atoms with Gasteiger partial charge >= 0.3 is 0 Å². The van der Waals surface area contributed by atoms with Crippen LogP contribution in [0.5, 0.6) is 0 Å². The van der Waals surface area contributed by atoms with Gasteiger partial charge in [0.15, 0.2) is 11.6 Å². The first-order valence-electron chi connectivity index (χ1n) is 11.7. The molecule has 12 heteroatoms. The number of hydrogen-bond acceptors (Lipinski definition) is 5. The van der Waals surface area contributed by atoms with Gasteiger partial charge < -0.3 is 25.5 Å². The molecule has 1 aliphatic rings. The summed E-state index contributed by atoms with van der Waals surface area (Å²) in [6, 6.07) is 10.9. The van der Waals surface area contributed by atoms with Crippen molar-refractivity contribution >= 4 is 40.7 Å². The molecule has 1 aliphatic heterocycles. The summed E-state index contributed by atoms with van der Waals surface area (Å²) in [4.78, 5) is 57.1. The summed E-state index contributed by atoms with van der Waals surface area (Å²) in [6.45, 7) is -0.508. The molecule has 0 aliphatic carbocycles. The van der Waals surface area contributed by atoms with Gasteiger partial charge in [-0.3, -0.25) is 19.2 Å². The van der Waals surface area contributed by atoms with E-state index in [1.807, 2.05) is 0 Å². The van der Waals surface area contributed by atoms with Crippen molar-refractivity contribution in [1.29, 1.82) is 0 Å². The zero-order chi connectivity index (χ0) is 27.5. The Morgan fingerprint density at radius 3 is 2.67 bits per heavy atom. The minimum absolute atomic E-state index is 0.0792. The van der Waals surface area contributed by atoms with Gasteiger partial charge in [0, 0.05) is 23.1 Å². The van der Waals surface area contributed by atoms with Crippen LogP contribution in [0, 0.1) is 11.6 Å². The molecule has 0 saturated heterocycles. The van der Waals surface area contributed by atoms with E-state index in [1.165, 1.54) is 35.3 Å². The van der Waals surface area contributed by atoms with E-state index in [4.69, 9.17) is 0 Å². The first-order chi connectivity index (χ1) is 18.8. The number of H-pyrrole nitrogens is 1. The van der Waals surface area contributed by atoms with Crippen LogP contribution >= 0.6 is 0 Å². The highest BCUT2D eigenvalue weighted by Crippen LogP contribution is 2.34. The first kappa shape index (κ1) is 25.3. The van der Waals surface area contributed by atoms with Crippen LogP contribution in [0.1, 0.15) is 27.2 Å². The van der Waals surface area contributed by atoms with Crippen LogP contribution in [0.15, 0.2) is 72.0 Å². The third-order valence-electron chi connectivity index (χ3n) is 5.92. The molecule has 4 N–H and O–H groups in total. The molecule has 0 radical (unpaired) electrons. The topological polar surface area (TPSA) is 138 Å². The van der Waals surface area contributed by atoms with E-state index in [1.54, 1.807) is 30.5 Å². The molecule has 0 spiro atoms. The quantitative estimate of drug-likeness (QED) is 0.272. The lowest BCUT2D eigenvalue weighted by molar-refractivity contribution is -0.115. The molecule has 3 heterocycles. The molecule has 196 valence electrons. The number of pyridine rings is 1. The Hall–Kier alpha value is -5.39. The van der Waals surface area contributed by atoms with Crippen LogP contribution in [-0.2, 0) is 16.1 Å². The van der Waals surface area contributed by atoms with Crippen LogP contribution in [-0.4, -0.2) is 38.8 Å². The monoisotopic (exact) mass is 530 g/mol. The molecule has 0 unspecified atom stereocenters. The van der Waals surface area contributed by atoms with E-state index < -0.39 is 35.6 Å². The second-order valence-corrected chi connectivity index (χ2v) is 8.61. The Morgan fingerprint density at radius 1 is 1.05 bits per heavy atom. The van der Waals surface area contributed by atoms with E-state index in [0.29, 0.717) is 33.8 Å². The number of anilines is 2. The van der Waals surface area contributed by atoms with E-state index in [-0.39, 0.29) is 18.0 Å². The van der Waals surface area contributed by atoms with Crippen LogP contribution in [0.4, 0.5) is 20.2 Å². The van der Waals surface area contributed by atoms with Gasteiger partial charge in [-0.05, 0) is 54.1 Å². The van der Waals surface area contributed by atoms with Crippen molar-refractivity contribution in [3.8, 4) is 0 Å². The fourth-order valence-corrected chi connectivity index (χ4v) is 4.04. The number of imidazole rings is 1. The number of carbonyl (C=O) groups excluding carboxylic acids is 3. The number of amides is 3. The van der Waals surface area contributed by atoms with Gasteiger partial charge in [-0.1, -0.05) is 6.07 Å². The smallest absolute Gasteiger partial charge is 0.263 e. The summed E-state index contributed by atoms with van der Waals surface area (Å²) in [5.41, 5.74) is 2.05. The Bertz CT molecular complexity index is 1690. The van der Waals surface area contributed by atoms with Gasteiger partial charge in [0.05, 0.1) is 36.9 Å². The maximum absolute atomic E-state index is 13.5. The van der Waals surface area contributed by atoms with Gasteiger partial charge in [-0.25, -0.2) is 13.8 Å². The van der Waals surface area contributed by atoms with Gasteiger partial charge in [-0.15, -0.1) is 0 Å². The standard InChI is InChI=1S/C27H20F2N6O4/c28-21-5-3-15(8-22(21)29)13-35-7-1-2-18(27(35)39)25(37)31-12-24(36)33-16-4-6-23-19(9-16)20(26(38)34-23)10-17-11-30-14-32-17/h1-11,14H,12-13H2,(H,30,32)(H,31,37)(H,33,36)(H,34,38)/b20-10-. The number of rotatable bonds is 7. The molecule has 10 nitrogen and oxygen atoms in total. The van der Waals surface area contributed by atoms with E-state index in [2.05, 4.69) is 25.9 Å². The second-order valence-electron chi connectivity index (χ2n) is 8.61. The van der Waals surface area contributed by atoms with E-state index in [0.717, 1.165) is 12.1 Å². The number of aromatic nitrogens is 3. The number of aromatic amines is 1. The van der Waals surface area contributed by atoms with Gasteiger partial charge in [0.2, 0.25) is 5.91 Å². The molecule has 39 heavy (non-hydrogen) atoms. The predicted molar refractivity (Wildman–Crippen MR) is 139 cm³/mol.